The van der Waals surface area contributed by atoms with Gasteiger partial charge in [0.05, 0.1) is 0 Å². The fourth-order valence-electron chi connectivity index (χ4n) is 1.45. The molecular weight excluding hydrogens is 251 g/mol. The van der Waals surface area contributed by atoms with Crippen molar-refractivity contribution in [1.29, 1.82) is 0 Å². The molecule has 0 fully saturated rings. The zero-order chi connectivity index (χ0) is 15.4. The maximum absolute atomic E-state index is 13.0. The maximum atomic E-state index is 13.0. The minimum absolute atomic E-state index is 0.202. The van der Waals surface area contributed by atoms with Gasteiger partial charge >= 0.3 is 0 Å². The van der Waals surface area contributed by atoms with E-state index in [9.17, 15) is 4.39 Å². The molecule has 0 spiro atoms. The van der Waals surface area contributed by atoms with Gasteiger partial charge < -0.3 is 4.74 Å². The first-order valence-corrected chi connectivity index (χ1v) is 7.18. The molecule has 1 nitrogen and oxygen atoms in total. The predicted molar refractivity (Wildman–Crippen MR) is 84.6 cm³/mol. The molecule has 2 aromatic carbocycles. The van der Waals surface area contributed by atoms with Crippen molar-refractivity contribution in [2.45, 2.75) is 41.2 Å². The Bertz CT molecular complexity index is 466. The van der Waals surface area contributed by atoms with Gasteiger partial charge in [-0.3, -0.25) is 0 Å². The average molecular weight is 276 g/mol. The van der Waals surface area contributed by atoms with Crippen LogP contribution in [0.1, 0.15) is 38.8 Å². The second kappa shape index (κ2) is 11.0. The van der Waals surface area contributed by atoms with Crippen LogP contribution in [-0.2, 0) is 6.61 Å². The number of rotatable bonds is 3. The Labute approximate surface area is 122 Å². The van der Waals surface area contributed by atoms with Crippen molar-refractivity contribution >= 4 is 0 Å². The van der Waals surface area contributed by atoms with E-state index in [2.05, 4.69) is 0 Å². The molecule has 0 aliphatic heterocycles. The lowest BCUT2D eigenvalue weighted by Gasteiger charge is -2.07. The van der Waals surface area contributed by atoms with Gasteiger partial charge in [-0.2, -0.15) is 0 Å². The lowest BCUT2D eigenvalue weighted by Crippen LogP contribution is -1.95. The largest absolute Gasteiger partial charge is 0.489 e. The van der Waals surface area contributed by atoms with Crippen molar-refractivity contribution in [2.24, 2.45) is 0 Å². The minimum atomic E-state index is -0.202. The highest BCUT2D eigenvalue weighted by Gasteiger charge is 2.00. The van der Waals surface area contributed by atoms with E-state index in [0.717, 1.165) is 5.56 Å². The van der Waals surface area contributed by atoms with Crippen LogP contribution in [0.25, 0.3) is 0 Å². The van der Waals surface area contributed by atoms with Gasteiger partial charge in [0.25, 0.3) is 0 Å². The molecule has 0 unspecified atom stereocenters. The Morgan fingerprint density at radius 1 is 0.900 bits per heavy atom. The maximum Gasteiger partial charge on any atom is 0.126 e. The number of hydrogen-bond acceptors (Lipinski definition) is 1. The molecule has 0 saturated heterocycles. The first kappa shape index (κ1) is 18.2. The van der Waals surface area contributed by atoms with E-state index in [1.165, 1.54) is 6.07 Å². The lowest BCUT2D eigenvalue weighted by atomic mass is 10.2. The second-order valence-corrected chi connectivity index (χ2v) is 3.69. The van der Waals surface area contributed by atoms with Crippen LogP contribution in [0, 0.1) is 12.7 Å². The van der Waals surface area contributed by atoms with E-state index in [4.69, 9.17) is 4.74 Å². The van der Waals surface area contributed by atoms with E-state index >= 15 is 0 Å². The normalized spacial score (nSPS) is 8.70. The van der Waals surface area contributed by atoms with Gasteiger partial charge in [-0.25, -0.2) is 4.39 Å². The molecule has 0 aromatic heterocycles. The van der Waals surface area contributed by atoms with Crippen LogP contribution >= 0.6 is 0 Å². The molecule has 2 rings (SSSR count). The van der Waals surface area contributed by atoms with Crippen LogP contribution in [0.2, 0.25) is 0 Å². The molecule has 0 bridgehead atoms. The van der Waals surface area contributed by atoms with E-state index in [0.29, 0.717) is 17.9 Å². The van der Waals surface area contributed by atoms with Gasteiger partial charge in [0.2, 0.25) is 0 Å². The summed E-state index contributed by atoms with van der Waals surface area (Å²) in [5, 5.41) is 0. The average Bonchev–Trinajstić information content (AvgIpc) is 2.53. The highest BCUT2D eigenvalue weighted by Crippen LogP contribution is 2.17. The molecule has 0 saturated carbocycles. The van der Waals surface area contributed by atoms with Crippen LogP contribution < -0.4 is 4.74 Å². The highest BCUT2D eigenvalue weighted by atomic mass is 19.1. The molecule has 0 aliphatic carbocycles. The third-order valence-electron chi connectivity index (χ3n) is 2.38. The summed E-state index contributed by atoms with van der Waals surface area (Å²) in [6.07, 6.45) is 0. The molecule has 0 heterocycles. The van der Waals surface area contributed by atoms with E-state index in [1.54, 1.807) is 19.1 Å². The summed E-state index contributed by atoms with van der Waals surface area (Å²) in [5.41, 5.74) is 1.70. The van der Waals surface area contributed by atoms with E-state index in [-0.39, 0.29) is 5.82 Å². The van der Waals surface area contributed by atoms with Crippen molar-refractivity contribution in [1.82, 2.24) is 0 Å². The molecule has 0 radical (unpaired) electrons. The molecule has 0 amide bonds. The molecule has 0 aliphatic rings. The summed E-state index contributed by atoms with van der Waals surface area (Å²) in [4.78, 5) is 0. The third kappa shape index (κ3) is 6.37. The summed E-state index contributed by atoms with van der Waals surface area (Å²) in [7, 11) is 0. The van der Waals surface area contributed by atoms with Crippen LogP contribution in [0.5, 0.6) is 5.75 Å². The number of ether oxygens (including phenoxy) is 1. The van der Waals surface area contributed by atoms with Crippen molar-refractivity contribution in [3.8, 4) is 5.75 Å². The van der Waals surface area contributed by atoms with Gasteiger partial charge in [-0.15, -0.1) is 0 Å². The van der Waals surface area contributed by atoms with Gasteiger partial charge in [-0.1, -0.05) is 58.0 Å². The van der Waals surface area contributed by atoms with Gasteiger partial charge in [-0.05, 0) is 36.2 Å². The van der Waals surface area contributed by atoms with Gasteiger partial charge in [0.1, 0.15) is 18.2 Å². The number of hydrogen-bond donors (Lipinski definition) is 0. The predicted octanol–water partition coefficient (Wildman–Crippen LogP) is 5.77. The summed E-state index contributed by atoms with van der Waals surface area (Å²) in [6, 6.07) is 14.7. The Hall–Kier alpha value is -1.83. The first-order valence-electron chi connectivity index (χ1n) is 7.18. The zero-order valence-electron chi connectivity index (χ0n) is 13.1. The van der Waals surface area contributed by atoms with E-state index in [1.807, 2.05) is 58.0 Å². The van der Waals surface area contributed by atoms with Crippen molar-refractivity contribution < 1.29 is 9.13 Å². The molecule has 0 N–H and O–H groups in total. The summed E-state index contributed by atoms with van der Waals surface area (Å²) < 4.78 is 18.6. The van der Waals surface area contributed by atoms with Crippen LogP contribution in [0.4, 0.5) is 4.39 Å². The minimum Gasteiger partial charge on any atom is -0.489 e. The molecule has 0 atom stereocenters. The van der Waals surface area contributed by atoms with Gasteiger partial charge in [0.15, 0.2) is 0 Å². The SMILES string of the molecule is CC.CC.Cc1cc(OCc2ccccc2)ccc1F. The molecule has 2 aromatic rings. The number of benzene rings is 2. The quantitative estimate of drug-likeness (QED) is 0.692. The van der Waals surface area contributed by atoms with Crippen LogP contribution in [-0.4, -0.2) is 0 Å². The Balaban J connectivity index is 0.000000829. The third-order valence-corrected chi connectivity index (χ3v) is 2.38. The highest BCUT2D eigenvalue weighted by molar-refractivity contribution is 5.29. The fourth-order valence-corrected chi connectivity index (χ4v) is 1.45. The Kier molecular flexibility index (Phi) is 10.0. The monoisotopic (exact) mass is 276 g/mol. The molecule has 2 heteroatoms. The smallest absolute Gasteiger partial charge is 0.126 e. The van der Waals surface area contributed by atoms with Crippen LogP contribution in [0.15, 0.2) is 48.5 Å². The van der Waals surface area contributed by atoms with Crippen molar-refractivity contribution in [3.05, 3.63) is 65.5 Å². The first-order chi connectivity index (χ1) is 9.75. The number of halogens is 1. The van der Waals surface area contributed by atoms with Crippen LogP contribution in [0.3, 0.4) is 0 Å². The Morgan fingerprint density at radius 3 is 2.05 bits per heavy atom. The van der Waals surface area contributed by atoms with E-state index < -0.39 is 0 Å². The second-order valence-electron chi connectivity index (χ2n) is 3.69. The topological polar surface area (TPSA) is 9.23 Å². The molecule has 110 valence electrons. The fraction of sp³-hybridized carbons (Fsp3) is 0.333. The molecular formula is C18H25FO. The van der Waals surface area contributed by atoms with Crippen molar-refractivity contribution in [2.75, 3.05) is 0 Å². The summed E-state index contributed by atoms with van der Waals surface area (Å²) in [5.74, 6) is 0.495. The summed E-state index contributed by atoms with van der Waals surface area (Å²) in [6.45, 7) is 10.2. The Morgan fingerprint density at radius 2 is 1.50 bits per heavy atom. The van der Waals surface area contributed by atoms with Crippen molar-refractivity contribution in [3.63, 3.8) is 0 Å². The summed E-state index contributed by atoms with van der Waals surface area (Å²) >= 11 is 0. The van der Waals surface area contributed by atoms with Gasteiger partial charge in [0, 0.05) is 0 Å². The standard InChI is InChI=1S/C14H13FO.2C2H6/c1-11-9-13(7-8-14(11)15)16-10-12-5-3-2-4-6-12;2*1-2/h2-9H,10H2,1H3;2*1-2H3. The number of aryl methyl sites for hydroxylation is 1. The molecule has 20 heavy (non-hydrogen) atoms. The zero-order valence-corrected chi connectivity index (χ0v) is 13.1. The lowest BCUT2D eigenvalue weighted by molar-refractivity contribution is 0.305.